The monoisotopic (exact) mass is 476 g/mol. The molecule has 1 aliphatic heterocycles. The van der Waals surface area contributed by atoms with Crippen molar-refractivity contribution in [2.24, 2.45) is 0 Å². The number of aromatic amines is 1. The fraction of sp³-hybridized carbons (Fsp3) is 0.269. The predicted molar refractivity (Wildman–Crippen MR) is 132 cm³/mol. The summed E-state index contributed by atoms with van der Waals surface area (Å²) in [6, 6.07) is 13.1. The van der Waals surface area contributed by atoms with Crippen LogP contribution in [0.15, 0.2) is 54.9 Å². The second-order valence-corrected chi connectivity index (χ2v) is 9.23. The Morgan fingerprint density at radius 2 is 1.97 bits per heavy atom. The maximum Gasteiger partial charge on any atom is 0.410 e. The van der Waals surface area contributed by atoms with Crippen LogP contribution in [0.3, 0.4) is 0 Å². The number of nitrogens with zero attached hydrogens (tertiary/aromatic N) is 3. The molecular weight excluding hydrogens is 452 g/mol. The highest BCUT2D eigenvalue weighted by Crippen LogP contribution is 2.32. The first-order valence-corrected chi connectivity index (χ1v) is 11.3. The summed E-state index contributed by atoms with van der Waals surface area (Å²) in [4.78, 5) is 35.6. The van der Waals surface area contributed by atoms with Crippen molar-refractivity contribution in [2.75, 3.05) is 24.5 Å². The van der Waals surface area contributed by atoms with Gasteiger partial charge >= 0.3 is 6.09 Å². The summed E-state index contributed by atoms with van der Waals surface area (Å²) in [5.74, 6) is 5.88. The highest BCUT2D eigenvalue weighted by molar-refractivity contribution is 6.34. The van der Waals surface area contributed by atoms with Crippen LogP contribution in [0.2, 0.25) is 5.02 Å². The Labute approximate surface area is 203 Å². The van der Waals surface area contributed by atoms with Crippen LogP contribution in [0.25, 0.3) is 11.3 Å². The summed E-state index contributed by atoms with van der Waals surface area (Å²) >= 11 is 6.61. The molecule has 0 unspecified atom stereocenters. The van der Waals surface area contributed by atoms with Gasteiger partial charge in [0.25, 0.3) is 0 Å². The minimum atomic E-state index is -0.609. The molecule has 4 rings (SSSR count). The van der Waals surface area contributed by atoms with Gasteiger partial charge in [-0.3, -0.25) is 9.69 Å². The van der Waals surface area contributed by atoms with E-state index in [0.717, 1.165) is 11.3 Å². The van der Waals surface area contributed by atoms with E-state index in [1.54, 1.807) is 38.1 Å². The summed E-state index contributed by atoms with van der Waals surface area (Å²) < 4.78 is 5.39. The number of carbonyl (C=O) groups excluding carboxylic acids is 2. The second-order valence-electron chi connectivity index (χ2n) is 8.85. The maximum absolute atomic E-state index is 12.8. The summed E-state index contributed by atoms with van der Waals surface area (Å²) in [5.41, 5.74) is 2.99. The van der Waals surface area contributed by atoms with E-state index < -0.39 is 11.7 Å². The Bertz CT molecular complexity index is 1270. The Balaban J connectivity index is 1.50. The largest absolute Gasteiger partial charge is 0.444 e. The molecule has 1 saturated heterocycles. The number of piperazine rings is 1. The molecule has 3 aromatic rings. The quantitative estimate of drug-likeness (QED) is 0.543. The van der Waals surface area contributed by atoms with Crippen LogP contribution < -0.4 is 4.90 Å². The lowest BCUT2D eigenvalue weighted by Gasteiger charge is -2.35. The normalized spacial score (nSPS) is 13.9. The maximum atomic E-state index is 12.8. The molecule has 0 aliphatic carbocycles. The molecule has 1 aromatic carbocycles. The van der Waals surface area contributed by atoms with Crippen molar-refractivity contribution in [2.45, 2.75) is 26.4 Å². The molecule has 0 saturated carbocycles. The van der Waals surface area contributed by atoms with Gasteiger partial charge in [0.15, 0.2) is 0 Å². The van der Waals surface area contributed by atoms with Crippen molar-refractivity contribution in [3.8, 4) is 23.1 Å². The van der Waals surface area contributed by atoms with Gasteiger partial charge in [-0.2, -0.15) is 0 Å². The van der Waals surface area contributed by atoms with Crippen molar-refractivity contribution in [3.05, 3.63) is 71.1 Å². The third kappa shape index (κ3) is 5.41. The van der Waals surface area contributed by atoms with Crippen LogP contribution in [0.4, 0.5) is 10.5 Å². The number of H-pyrrole nitrogens is 1. The number of hydrogen-bond donors (Lipinski definition) is 1. The fourth-order valence-electron chi connectivity index (χ4n) is 3.53. The van der Waals surface area contributed by atoms with E-state index in [0.29, 0.717) is 35.1 Å². The van der Waals surface area contributed by atoms with Crippen molar-refractivity contribution in [3.63, 3.8) is 0 Å². The van der Waals surface area contributed by atoms with E-state index >= 15 is 0 Å². The molecule has 8 heteroatoms. The summed E-state index contributed by atoms with van der Waals surface area (Å²) in [6.45, 7) is 6.14. The van der Waals surface area contributed by atoms with E-state index in [1.807, 2.05) is 42.5 Å². The molecule has 1 aliphatic rings. The van der Waals surface area contributed by atoms with E-state index in [4.69, 9.17) is 16.3 Å². The minimum absolute atomic E-state index is 0.0321. The highest BCUT2D eigenvalue weighted by Gasteiger charge is 2.31. The highest BCUT2D eigenvalue weighted by atomic mass is 35.5. The Kier molecular flexibility index (Phi) is 6.62. The molecule has 2 aromatic heterocycles. The number of hydrogen-bond acceptors (Lipinski definition) is 4. The number of carbonyl (C=O) groups is 2. The SMILES string of the molecule is CC(C)(C)OC(=O)N1CCN(c2cccc(-c3[nH]cc(C#Cc4ccccn4)c3Cl)c2)C(=O)C1. The molecule has 7 nitrogen and oxygen atoms in total. The lowest BCUT2D eigenvalue weighted by atomic mass is 10.1. The van der Waals surface area contributed by atoms with Gasteiger partial charge in [-0.05, 0) is 51.0 Å². The number of rotatable bonds is 2. The average molecular weight is 477 g/mol. The number of amides is 2. The average Bonchev–Trinajstić information content (AvgIpc) is 3.17. The number of benzene rings is 1. The van der Waals surface area contributed by atoms with Gasteiger partial charge in [-0.1, -0.05) is 35.7 Å². The number of nitrogens with one attached hydrogen (secondary N) is 1. The first-order valence-electron chi connectivity index (χ1n) is 10.9. The van der Waals surface area contributed by atoms with Crippen molar-refractivity contribution in [1.82, 2.24) is 14.9 Å². The molecule has 0 radical (unpaired) electrons. The fourth-order valence-corrected chi connectivity index (χ4v) is 3.80. The number of anilines is 1. The molecule has 2 amide bonds. The standard InChI is InChI=1S/C26H25ClN4O3/c1-26(2,3)34-25(33)30-13-14-31(22(32)17-30)21-9-6-7-18(15-21)24-23(27)19(16-29-24)10-11-20-8-4-5-12-28-20/h4-9,12,15-16,29H,13-14,17H2,1-3H3. The van der Waals surface area contributed by atoms with Crippen molar-refractivity contribution >= 4 is 29.3 Å². The van der Waals surface area contributed by atoms with E-state index in [1.165, 1.54) is 4.90 Å². The minimum Gasteiger partial charge on any atom is -0.444 e. The van der Waals surface area contributed by atoms with Crippen LogP contribution in [-0.2, 0) is 9.53 Å². The van der Waals surface area contributed by atoms with Crippen LogP contribution in [0, 0.1) is 11.8 Å². The van der Waals surface area contributed by atoms with Crippen molar-refractivity contribution in [1.29, 1.82) is 0 Å². The van der Waals surface area contributed by atoms with Crippen LogP contribution >= 0.6 is 11.6 Å². The molecule has 174 valence electrons. The summed E-state index contributed by atoms with van der Waals surface area (Å²) in [7, 11) is 0. The molecule has 0 atom stereocenters. The van der Waals surface area contributed by atoms with Gasteiger partial charge in [0, 0.05) is 36.7 Å². The number of halogens is 1. The van der Waals surface area contributed by atoms with E-state index in [9.17, 15) is 9.59 Å². The first kappa shape index (κ1) is 23.4. The second kappa shape index (κ2) is 9.62. The van der Waals surface area contributed by atoms with Gasteiger partial charge in [0.2, 0.25) is 5.91 Å². The van der Waals surface area contributed by atoms with Gasteiger partial charge < -0.3 is 14.6 Å². The third-order valence-corrected chi connectivity index (χ3v) is 5.52. The van der Waals surface area contributed by atoms with Gasteiger partial charge in [0.05, 0.1) is 16.3 Å². The van der Waals surface area contributed by atoms with Gasteiger partial charge in [0.1, 0.15) is 17.8 Å². The zero-order valence-corrected chi connectivity index (χ0v) is 20.0. The van der Waals surface area contributed by atoms with Gasteiger partial charge in [-0.15, -0.1) is 0 Å². The summed E-state index contributed by atoms with van der Waals surface area (Å²) in [5, 5.41) is 0.502. The molecular formula is C26H25ClN4O3. The van der Waals surface area contributed by atoms with Crippen LogP contribution in [-0.4, -0.2) is 52.1 Å². The van der Waals surface area contributed by atoms with Crippen LogP contribution in [0.1, 0.15) is 32.0 Å². The predicted octanol–water partition coefficient (Wildman–Crippen LogP) is 4.71. The number of pyridine rings is 1. The zero-order valence-electron chi connectivity index (χ0n) is 19.3. The van der Waals surface area contributed by atoms with E-state index in [-0.39, 0.29) is 12.5 Å². The smallest absolute Gasteiger partial charge is 0.410 e. The summed E-state index contributed by atoms with van der Waals surface area (Å²) in [6.07, 6.45) is 2.96. The molecule has 34 heavy (non-hydrogen) atoms. The molecule has 0 spiro atoms. The number of ether oxygens (including phenoxy) is 1. The first-order chi connectivity index (χ1) is 16.2. The Morgan fingerprint density at radius 1 is 1.15 bits per heavy atom. The lowest BCUT2D eigenvalue weighted by Crippen LogP contribution is -2.53. The van der Waals surface area contributed by atoms with Crippen LogP contribution in [0.5, 0.6) is 0 Å². The lowest BCUT2D eigenvalue weighted by molar-refractivity contribution is -0.121. The topological polar surface area (TPSA) is 78.5 Å². The zero-order chi connectivity index (χ0) is 24.3. The molecule has 1 fully saturated rings. The molecule has 0 bridgehead atoms. The Hall–Kier alpha value is -3.76. The number of aromatic nitrogens is 2. The van der Waals surface area contributed by atoms with Gasteiger partial charge in [-0.25, -0.2) is 9.78 Å². The van der Waals surface area contributed by atoms with E-state index in [2.05, 4.69) is 21.8 Å². The third-order valence-electron chi connectivity index (χ3n) is 5.13. The van der Waals surface area contributed by atoms with Crippen molar-refractivity contribution < 1.29 is 14.3 Å². The Morgan fingerprint density at radius 3 is 2.68 bits per heavy atom. The molecule has 3 heterocycles. The molecule has 1 N–H and O–H groups in total.